The van der Waals surface area contributed by atoms with Crippen LogP contribution in [0.3, 0.4) is 0 Å². The average Bonchev–Trinajstić information content (AvgIpc) is 2.41. The monoisotopic (exact) mass is 274 g/mol. The summed E-state index contributed by atoms with van der Waals surface area (Å²) in [5, 5.41) is 14.0. The predicted molar refractivity (Wildman–Crippen MR) is 74.8 cm³/mol. The number of halogens is 1. The van der Waals surface area contributed by atoms with Crippen LogP contribution in [0.25, 0.3) is 0 Å². The molecule has 0 spiro atoms. The number of nitrogens with zero attached hydrogens (tertiary/aromatic N) is 1. The fraction of sp³-hybridized carbons (Fsp3) is 0.200. The van der Waals surface area contributed by atoms with Crippen LogP contribution in [0.2, 0.25) is 0 Å². The highest BCUT2D eigenvalue weighted by molar-refractivity contribution is 5.39. The molecule has 0 aromatic heterocycles. The van der Waals surface area contributed by atoms with E-state index >= 15 is 0 Å². The van der Waals surface area contributed by atoms with Crippen molar-refractivity contribution in [3.63, 3.8) is 0 Å². The first-order chi connectivity index (χ1) is 9.58. The number of nitro benzene ring substituents is 1. The lowest BCUT2D eigenvalue weighted by atomic mass is 10.1. The van der Waals surface area contributed by atoms with Crippen molar-refractivity contribution >= 4 is 5.69 Å². The zero-order chi connectivity index (χ0) is 14.5. The molecule has 20 heavy (non-hydrogen) atoms. The highest BCUT2D eigenvalue weighted by atomic mass is 19.1. The molecular weight excluding hydrogens is 259 g/mol. The Labute approximate surface area is 116 Å². The van der Waals surface area contributed by atoms with Crippen molar-refractivity contribution in [2.75, 3.05) is 0 Å². The summed E-state index contributed by atoms with van der Waals surface area (Å²) in [6.45, 7) is 2.77. The van der Waals surface area contributed by atoms with Crippen molar-refractivity contribution in [2.45, 2.75) is 20.0 Å². The molecule has 4 nitrogen and oxygen atoms in total. The number of hydrogen-bond acceptors (Lipinski definition) is 3. The SMILES string of the molecule is Cc1cc(F)ccc1CNCc1ccccc1[N+](=O)[O-]. The van der Waals surface area contributed by atoms with Gasteiger partial charge >= 0.3 is 0 Å². The molecule has 104 valence electrons. The average molecular weight is 274 g/mol. The van der Waals surface area contributed by atoms with Crippen LogP contribution in [-0.2, 0) is 13.1 Å². The number of rotatable bonds is 5. The van der Waals surface area contributed by atoms with Crippen LogP contribution < -0.4 is 5.32 Å². The van der Waals surface area contributed by atoms with Crippen molar-refractivity contribution < 1.29 is 9.31 Å². The first-order valence-electron chi connectivity index (χ1n) is 6.26. The van der Waals surface area contributed by atoms with Crippen molar-refractivity contribution in [1.29, 1.82) is 0 Å². The number of hydrogen-bond donors (Lipinski definition) is 1. The topological polar surface area (TPSA) is 55.2 Å². The third-order valence-electron chi connectivity index (χ3n) is 3.12. The Morgan fingerprint density at radius 3 is 2.55 bits per heavy atom. The molecule has 0 amide bonds. The van der Waals surface area contributed by atoms with E-state index < -0.39 is 0 Å². The molecule has 0 radical (unpaired) electrons. The molecule has 2 rings (SSSR count). The van der Waals surface area contributed by atoms with Gasteiger partial charge in [0.05, 0.1) is 4.92 Å². The summed E-state index contributed by atoms with van der Waals surface area (Å²) in [6.07, 6.45) is 0. The Kier molecular flexibility index (Phi) is 4.42. The summed E-state index contributed by atoms with van der Waals surface area (Å²) < 4.78 is 13.0. The van der Waals surface area contributed by atoms with Gasteiger partial charge in [0.1, 0.15) is 5.82 Å². The molecule has 2 aromatic carbocycles. The van der Waals surface area contributed by atoms with Crippen LogP contribution in [0.5, 0.6) is 0 Å². The van der Waals surface area contributed by atoms with Crippen LogP contribution in [0.4, 0.5) is 10.1 Å². The van der Waals surface area contributed by atoms with E-state index in [0.29, 0.717) is 18.7 Å². The Morgan fingerprint density at radius 1 is 1.15 bits per heavy atom. The number of benzene rings is 2. The van der Waals surface area contributed by atoms with Gasteiger partial charge in [-0.1, -0.05) is 24.3 Å². The van der Waals surface area contributed by atoms with E-state index in [1.54, 1.807) is 24.3 Å². The third kappa shape index (κ3) is 3.39. The second-order valence-corrected chi connectivity index (χ2v) is 4.56. The first-order valence-corrected chi connectivity index (χ1v) is 6.26. The molecule has 0 unspecified atom stereocenters. The summed E-state index contributed by atoms with van der Waals surface area (Å²) in [5.41, 5.74) is 2.58. The Balaban J connectivity index is 2.01. The zero-order valence-corrected chi connectivity index (χ0v) is 11.1. The van der Waals surface area contributed by atoms with Gasteiger partial charge in [-0.05, 0) is 30.2 Å². The quantitative estimate of drug-likeness (QED) is 0.672. The minimum absolute atomic E-state index is 0.107. The Morgan fingerprint density at radius 2 is 1.85 bits per heavy atom. The van der Waals surface area contributed by atoms with Crippen molar-refractivity contribution in [3.8, 4) is 0 Å². The van der Waals surface area contributed by atoms with E-state index in [-0.39, 0.29) is 16.4 Å². The van der Waals surface area contributed by atoms with E-state index in [0.717, 1.165) is 11.1 Å². The molecule has 0 bridgehead atoms. The second-order valence-electron chi connectivity index (χ2n) is 4.56. The fourth-order valence-corrected chi connectivity index (χ4v) is 2.03. The van der Waals surface area contributed by atoms with Crippen LogP contribution in [-0.4, -0.2) is 4.92 Å². The van der Waals surface area contributed by atoms with Gasteiger partial charge in [0.25, 0.3) is 5.69 Å². The maximum atomic E-state index is 13.0. The number of nitrogens with one attached hydrogen (secondary N) is 1. The zero-order valence-electron chi connectivity index (χ0n) is 11.1. The number of nitro groups is 1. The van der Waals surface area contributed by atoms with Crippen LogP contribution >= 0.6 is 0 Å². The van der Waals surface area contributed by atoms with E-state index in [4.69, 9.17) is 0 Å². The van der Waals surface area contributed by atoms with Crippen molar-refractivity contribution in [3.05, 3.63) is 75.1 Å². The van der Waals surface area contributed by atoms with Gasteiger partial charge in [-0.15, -0.1) is 0 Å². The van der Waals surface area contributed by atoms with Crippen LogP contribution in [0.15, 0.2) is 42.5 Å². The van der Waals surface area contributed by atoms with E-state index in [1.807, 2.05) is 6.92 Å². The summed E-state index contributed by atoms with van der Waals surface area (Å²) in [6, 6.07) is 11.2. The highest BCUT2D eigenvalue weighted by Crippen LogP contribution is 2.17. The molecular formula is C15H15FN2O2. The molecule has 0 aliphatic heterocycles. The van der Waals surface area contributed by atoms with E-state index in [2.05, 4.69) is 5.32 Å². The molecule has 2 aromatic rings. The first kappa shape index (κ1) is 14.1. The molecule has 0 atom stereocenters. The lowest BCUT2D eigenvalue weighted by Gasteiger charge is -2.08. The summed E-state index contributed by atoms with van der Waals surface area (Å²) in [7, 11) is 0. The van der Waals surface area contributed by atoms with Crippen LogP contribution in [0, 0.1) is 22.9 Å². The minimum Gasteiger partial charge on any atom is -0.308 e. The maximum Gasteiger partial charge on any atom is 0.273 e. The molecule has 0 saturated heterocycles. The molecule has 0 heterocycles. The van der Waals surface area contributed by atoms with Gasteiger partial charge in [0.2, 0.25) is 0 Å². The van der Waals surface area contributed by atoms with Crippen molar-refractivity contribution in [1.82, 2.24) is 5.32 Å². The predicted octanol–water partition coefficient (Wildman–Crippen LogP) is 3.33. The summed E-state index contributed by atoms with van der Waals surface area (Å²) >= 11 is 0. The van der Waals surface area contributed by atoms with Gasteiger partial charge in [-0.2, -0.15) is 0 Å². The third-order valence-corrected chi connectivity index (χ3v) is 3.12. The summed E-state index contributed by atoms with van der Waals surface area (Å²) in [5.74, 6) is -0.259. The second kappa shape index (κ2) is 6.25. The van der Waals surface area contributed by atoms with Crippen LogP contribution in [0.1, 0.15) is 16.7 Å². The molecule has 1 N–H and O–H groups in total. The van der Waals surface area contributed by atoms with Gasteiger partial charge < -0.3 is 5.32 Å². The highest BCUT2D eigenvalue weighted by Gasteiger charge is 2.11. The largest absolute Gasteiger partial charge is 0.308 e. The van der Waals surface area contributed by atoms with E-state index in [1.165, 1.54) is 18.2 Å². The smallest absolute Gasteiger partial charge is 0.273 e. The fourth-order valence-electron chi connectivity index (χ4n) is 2.03. The standard InChI is InChI=1S/C15H15FN2O2/c1-11-8-14(16)7-6-12(11)9-17-10-13-4-2-3-5-15(13)18(19)20/h2-8,17H,9-10H2,1H3. The van der Waals surface area contributed by atoms with Gasteiger partial charge in [-0.25, -0.2) is 4.39 Å². The van der Waals surface area contributed by atoms with E-state index in [9.17, 15) is 14.5 Å². The van der Waals surface area contributed by atoms with Gasteiger partial charge in [0, 0.05) is 24.7 Å². The van der Waals surface area contributed by atoms with Crippen molar-refractivity contribution in [2.24, 2.45) is 0 Å². The lowest BCUT2D eigenvalue weighted by Crippen LogP contribution is -2.14. The number of para-hydroxylation sites is 1. The van der Waals surface area contributed by atoms with Gasteiger partial charge in [0.15, 0.2) is 0 Å². The minimum atomic E-state index is -0.389. The Bertz CT molecular complexity index is 629. The normalized spacial score (nSPS) is 10.5. The molecule has 0 saturated carbocycles. The molecule has 0 aliphatic rings. The Hall–Kier alpha value is -2.27. The maximum absolute atomic E-state index is 13.0. The molecule has 0 fully saturated rings. The molecule has 0 aliphatic carbocycles. The molecule has 5 heteroatoms. The lowest BCUT2D eigenvalue weighted by molar-refractivity contribution is -0.385. The van der Waals surface area contributed by atoms with Gasteiger partial charge in [-0.3, -0.25) is 10.1 Å². The summed E-state index contributed by atoms with van der Waals surface area (Å²) in [4.78, 5) is 10.5. The number of aryl methyl sites for hydroxylation is 1.